The molecule has 0 aromatic heterocycles. The lowest BCUT2D eigenvalue weighted by molar-refractivity contribution is -0.117. The van der Waals surface area contributed by atoms with Gasteiger partial charge >= 0.3 is 0 Å². The van der Waals surface area contributed by atoms with E-state index in [-0.39, 0.29) is 0 Å². The average Bonchev–Trinajstić information content (AvgIpc) is 2.64. The maximum Gasteiger partial charge on any atom is 0.129 e. The number of carbonyl (C=O) groups is 1. The highest BCUT2D eigenvalue weighted by Gasteiger charge is 2.19. The number of rotatable bonds is 6. The lowest BCUT2D eigenvalue weighted by atomic mass is 10.1. The number of unbranched alkanes of at least 4 members (excludes halogenated alkanes) is 1. The first-order chi connectivity index (χ1) is 6.70. The molecule has 0 spiro atoms. The van der Waals surface area contributed by atoms with Crippen LogP contribution in [0.4, 0.5) is 0 Å². The third-order valence-electron chi connectivity index (χ3n) is 2.82. The minimum atomic E-state index is 0.323. The molecular weight excluding hydrogens is 194 g/mol. The van der Waals surface area contributed by atoms with Crippen LogP contribution in [0.2, 0.25) is 0 Å². The summed E-state index contributed by atoms with van der Waals surface area (Å²) in [5.74, 6) is 2.94. The number of hydrogen-bond acceptors (Lipinski definition) is 3. The third kappa shape index (κ3) is 4.47. The van der Waals surface area contributed by atoms with E-state index < -0.39 is 0 Å². The van der Waals surface area contributed by atoms with Gasteiger partial charge in [-0.25, -0.2) is 0 Å². The maximum absolute atomic E-state index is 10.7. The van der Waals surface area contributed by atoms with Crippen molar-refractivity contribution in [2.24, 2.45) is 0 Å². The van der Waals surface area contributed by atoms with Gasteiger partial charge in [-0.3, -0.25) is 0 Å². The van der Waals surface area contributed by atoms with E-state index in [1.54, 1.807) is 6.92 Å². The molecule has 1 aliphatic heterocycles. The molecule has 1 rings (SSSR count). The van der Waals surface area contributed by atoms with Gasteiger partial charge in [0.25, 0.3) is 0 Å². The summed E-state index contributed by atoms with van der Waals surface area (Å²) >= 11 is 2.06. The van der Waals surface area contributed by atoms with Crippen molar-refractivity contribution in [3.63, 3.8) is 0 Å². The lowest BCUT2D eigenvalue weighted by Gasteiger charge is -2.23. The summed E-state index contributed by atoms with van der Waals surface area (Å²) in [5.41, 5.74) is 0. The van der Waals surface area contributed by atoms with E-state index in [1.807, 2.05) is 0 Å². The van der Waals surface area contributed by atoms with Crippen LogP contribution < -0.4 is 0 Å². The fourth-order valence-electron chi connectivity index (χ4n) is 1.79. The Balaban J connectivity index is 2.02. The van der Waals surface area contributed by atoms with Crippen molar-refractivity contribution in [2.75, 3.05) is 25.1 Å². The Labute approximate surface area is 91.4 Å². The molecular formula is C11H21NOS. The van der Waals surface area contributed by atoms with Gasteiger partial charge in [0.1, 0.15) is 5.78 Å². The SMILES string of the molecule is CC(=O)CCCCN(C)C1CCSC1. The normalized spacial score (nSPS) is 21.8. The number of Topliss-reactive ketones (excluding diaryl/α,β-unsaturated/α-hetero) is 1. The number of nitrogens with zero attached hydrogens (tertiary/aromatic N) is 1. The molecule has 0 amide bonds. The first kappa shape index (κ1) is 12.1. The molecule has 3 heteroatoms. The van der Waals surface area contributed by atoms with Crippen LogP contribution in [0.5, 0.6) is 0 Å². The Hall–Kier alpha value is -0.0200. The van der Waals surface area contributed by atoms with Crippen LogP contribution in [0.15, 0.2) is 0 Å². The second-order valence-electron chi connectivity index (χ2n) is 4.16. The largest absolute Gasteiger partial charge is 0.303 e. The fourth-order valence-corrected chi connectivity index (χ4v) is 3.09. The second kappa shape index (κ2) is 6.46. The predicted octanol–water partition coefficient (Wildman–Crippen LogP) is 2.18. The molecule has 2 nitrogen and oxygen atoms in total. The van der Waals surface area contributed by atoms with E-state index in [1.165, 1.54) is 17.9 Å². The molecule has 14 heavy (non-hydrogen) atoms. The monoisotopic (exact) mass is 215 g/mol. The molecule has 1 atom stereocenters. The van der Waals surface area contributed by atoms with Gasteiger partial charge < -0.3 is 9.69 Å². The molecule has 82 valence electrons. The molecule has 1 aliphatic rings. The zero-order valence-electron chi connectivity index (χ0n) is 9.29. The quantitative estimate of drug-likeness (QED) is 0.633. The first-order valence-corrected chi connectivity index (χ1v) is 6.63. The molecule has 1 heterocycles. The summed E-state index contributed by atoms with van der Waals surface area (Å²) in [6.45, 7) is 2.83. The van der Waals surface area contributed by atoms with E-state index in [0.717, 1.165) is 31.8 Å². The van der Waals surface area contributed by atoms with Crippen LogP contribution in [-0.4, -0.2) is 41.8 Å². The molecule has 1 saturated heterocycles. The van der Waals surface area contributed by atoms with Crippen LogP contribution in [0, 0.1) is 0 Å². The van der Waals surface area contributed by atoms with Gasteiger partial charge in [-0.05, 0) is 45.5 Å². The summed E-state index contributed by atoms with van der Waals surface area (Å²) in [6, 6.07) is 0.789. The van der Waals surface area contributed by atoms with E-state index in [2.05, 4.69) is 23.7 Å². The van der Waals surface area contributed by atoms with Crippen LogP contribution in [0.25, 0.3) is 0 Å². The Kier molecular flexibility index (Phi) is 5.56. The zero-order chi connectivity index (χ0) is 10.4. The number of ketones is 1. The smallest absolute Gasteiger partial charge is 0.129 e. The van der Waals surface area contributed by atoms with Gasteiger partial charge in [0.2, 0.25) is 0 Å². The minimum Gasteiger partial charge on any atom is -0.303 e. The maximum atomic E-state index is 10.7. The molecule has 0 saturated carbocycles. The van der Waals surface area contributed by atoms with E-state index >= 15 is 0 Å². The minimum absolute atomic E-state index is 0.323. The number of thioether (sulfide) groups is 1. The summed E-state index contributed by atoms with van der Waals surface area (Å²) in [4.78, 5) is 13.2. The Morgan fingerprint density at radius 3 is 2.86 bits per heavy atom. The van der Waals surface area contributed by atoms with Crippen LogP contribution in [0.1, 0.15) is 32.6 Å². The van der Waals surface area contributed by atoms with Crippen molar-refractivity contribution < 1.29 is 4.79 Å². The van der Waals surface area contributed by atoms with Gasteiger partial charge in [-0.1, -0.05) is 0 Å². The highest BCUT2D eigenvalue weighted by Crippen LogP contribution is 2.21. The fraction of sp³-hybridized carbons (Fsp3) is 0.909. The number of hydrogen-bond donors (Lipinski definition) is 0. The van der Waals surface area contributed by atoms with Crippen molar-refractivity contribution in [3.8, 4) is 0 Å². The van der Waals surface area contributed by atoms with Crippen LogP contribution in [0.3, 0.4) is 0 Å². The van der Waals surface area contributed by atoms with E-state index in [9.17, 15) is 4.79 Å². The Morgan fingerprint density at radius 1 is 1.50 bits per heavy atom. The van der Waals surface area contributed by atoms with Crippen LogP contribution in [-0.2, 0) is 4.79 Å². The topological polar surface area (TPSA) is 20.3 Å². The molecule has 1 fully saturated rings. The predicted molar refractivity (Wildman–Crippen MR) is 62.9 cm³/mol. The van der Waals surface area contributed by atoms with Gasteiger partial charge in [-0.2, -0.15) is 11.8 Å². The molecule has 0 aromatic rings. The molecule has 1 unspecified atom stereocenters. The third-order valence-corrected chi connectivity index (χ3v) is 3.96. The highest BCUT2D eigenvalue weighted by molar-refractivity contribution is 7.99. The summed E-state index contributed by atoms with van der Waals surface area (Å²) in [6.07, 6.45) is 4.32. The van der Waals surface area contributed by atoms with Gasteiger partial charge in [0.05, 0.1) is 0 Å². The average molecular weight is 215 g/mol. The van der Waals surface area contributed by atoms with Gasteiger partial charge in [0.15, 0.2) is 0 Å². The molecule has 0 aromatic carbocycles. The lowest BCUT2D eigenvalue weighted by Crippen LogP contribution is -2.32. The summed E-state index contributed by atoms with van der Waals surface area (Å²) < 4.78 is 0. The standard InChI is InChI=1S/C11H21NOS/c1-10(13)5-3-4-7-12(2)11-6-8-14-9-11/h11H,3-9H2,1-2H3. The summed E-state index contributed by atoms with van der Waals surface area (Å²) in [5, 5.41) is 0. The van der Waals surface area contributed by atoms with Crippen molar-refractivity contribution in [3.05, 3.63) is 0 Å². The first-order valence-electron chi connectivity index (χ1n) is 5.47. The van der Waals surface area contributed by atoms with Crippen molar-refractivity contribution in [1.82, 2.24) is 4.90 Å². The number of carbonyl (C=O) groups excluding carboxylic acids is 1. The van der Waals surface area contributed by atoms with Crippen molar-refractivity contribution in [1.29, 1.82) is 0 Å². The van der Waals surface area contributed by atoms with Crippen LogP contribution >= 0.6 is 11.8 Å². The van der Waals surface area contributed by atoms with E-state index in [0.29, 0.717) is 5.78 Å². The van der Waals surface area contributed by atoms with Crippen molar-refractivity contribution in [2.45, 2.75) is 38.6 Å². The van der Waals surface area contributed by atoms with E-state index in [4.69, 9.17) is 0 Å². The van der Waals surface area contributed by atoms with Gasteiger partial charge in [-0.15, -0.1) is 0 Å². The van der Waals surface area contributed by atoms with Crippen molar-refractivity contribution >= 4 is 17.5 Å². The molecule has 0 bridgehead atoms. The molecule has 0 radical (unpaired) electrons. The second-order valence-corrected chi connectivity index (χ2v) is 5.31. The van der Waals surface area contributed by atoms with Gasteiger partial charge in [0, 0.05) is 18.2 Å². The Morgan fingerprint density at radius 2 is 2.29 bits per heavy atom. The summed E-state index contributed by atoms with van der Waals surface area (Å²) in [7, 11) is 2.21. The highest BCUT2D eigenvalue weighted by atomic mass is 32.2. The molecule has 0 N–H and O–H groups in total. The Bertz CT molecular complexity index is 178. The zero-order valence-corrected chi connectivity index (χ0v) is 10.1. The molecule has 0 aliphatic carbocycles.